The Kier molecular flexibility index (Phi) is 5.88. The third-order valence-corrected chi connectivity index (χ3v) is 3.23. The highest BCUT2D eigenvalue weighted by Crippen LogP contribution is 2.15. The predicted molar refractivity (Wildman–Crippen MR) is 88.0 cm³/mol. The Morgan fingerprint density at radius 3 is 2.64 bits per heavy atom. The van der Waals surface area contributed by atoms with Gasteiger partial charge in [0.2, 0.25) is 5.91 Å². The highest BCUT2D eigenvalue weighted by molar-refractivity contribution is 6.30. The van der Waals surface area contributed by atoms with Crippen LogP contribution in [0.4, 0.5) is 0 Å². The summed E-state index contributed by atoms with van der Waals surface area (Å²) in [5.74, 6) is 6.55. The summed E-state index contributed by atoms with van der Waals surface area (Å²) in [6.45, 7) is 0.296. The number of carbonyl (C=O) groups is 1. The Balaban J connectivity index is 1.85. The molecule has 112 valence electrons. The van der Waals surface area contributed by atoms with Gasteiger partial charge < -0.3 is 10.1 Å². The molecule has 0 saturated heterocycles. The molecule has 0 aliphatic carbocycles. The van der Waals surface area contributed by atoms with E-state index in [4.69, 9.17) is 16.3 Å². The maximum atomic E-state index is 11.8. The Hall–Kier alpha value is -2.44. The Labute approximate surface area is 135 Å². The summed E-state index contributed by atoms with van der Waals surface area (Å²) >= 11 is 5.80. The Morgan fingerprint density at radius 1 is 1.18 bits per heavy atom. The van der Waals surface area contributed by atoms with Crippen LogP contribution in [0.2, 0.25) is 5.02 Å². The minimum atomic E-state index is -0.0725. The maximum absolute atomic E-state index is 11.8. The Morgan fingerprint density at radius 2 is 1.91 bits per heavy atom. The largest absolute Gasteiger partial charge is 0.495 e. The van der Waals surface area contributed by atoms with Crippen molar-refractivity contribution in [1.82, 2.24) is 5.32 Å². The van der Waals surface area contributed by atoms with Crippen molar-refractivity contribution < 1.29 is 9.53 Å². The van der Waals surface area contributed by atoms with E-state index in [1.807, 2.05) is 36.4 Å². The fraction of sp³-hybridized carbons (Fsp3) is 0.167. The van der Waals surface area contributed by atoms with Crippen molar-refractivity contribution in [2.45, 2.75) is 6.42 Å². The van der Waals surface area contributed by atoms with E-state index in [2.05, 4.69) is 17.2 Å². The molecule has 4 heteroatoms. The van der Waals surface area contributed by atoms with E-state index < -0.39 is 0 Å². The van der Waals surface area contributed by atoms with E-state index in [1.165, 1.54) is 0 Å². The van der Waals surface area contributed by atoms with Crippen LogP contribution in [-0.2, 0) is 11.2 Å². The van der Waals surface area contributed by atoms with Crippen LogP contribution in [0.3, 0.4) is 0 Å². The molecule has 0 radical (unpaired) electrons. The number of hydrogen-bond donors (Lipinski definition) is 1. The summed E-state index contributed by atoms with van der Waals surface area (Å²) in [6, 6.07) is 14.7. The van der Waals surface area contributed by atoms with Gasteiger partial charge in [-0.2, -0.15) is 0 Å². The molecular formula is C18H16ClNO2. The molecule has 0 unspecified atom stereocenters. The van der Waals surface area contributed by atoms with E-state index in [0.29, 0.717) is 18.0 Å². The SMILES string of the molecule is COc1ccccc1C#CCNC(=O)Cc1ccc(Cl)cc1. The lowest BCUT2D eigenvalue weighted by Crippen LogP contribution is -2.25. The highest BCUT2D eigenvalue weighted by Gasteiger charge is 2.02. The number of ether oxygens (including phenoxy) is 1. The number of carbonyl (C=O) groups excluding carboxylic acids is 1. The lowest BCUT2D eigenvalue weighted by molar-refractivity contribution is -0.120. The van der Waals surface area contributed by atoms with Gasteiger partial charge in [-0.15, -0.1) is 0 Å². The van der Waals surface area contributed by atoms with Crippen molar-refractivity contribution in [3.05, 3.63) is 64.7 Å². The molecule has 2 rings (SSSR count). The number of rotatable bonds is 4. The number of amides is 1. The second-order valence-corrected chi connectivity index (χ2v) is 5.02. The van der Waals surface area contributed by atoms with Gasteiger partial charge in [-0.3, -0.25) is 4.79 Å². The van der Waals surface area contributed by atoms with Gasteiger partial charge in [0.25, 0.3) is 0 Å². The summed E-state index contributed by atoms with van der Waals surface area (Å²) in [7, 11) is 1.61. The molecule has 0 atom stereocenters. The maximum Gasteiger partial charge on any atom is 0.225 e. The smallest absolute Gasteiger partial charge is 0.225 e. The molecule has 2 aromatic rings. The molecule has 1 amide bonds. The normalized spacial score (nSPS) is 9.55. The molecule has 1 N–H and O–H groups in total. The summed E-state index contributed by atoms with van der Waals surface area (Å²) in [5.41, 5.74) is 1.72. The van der Waals surface area contributed by atoms with Crippen LogP contribution >= 0.6 is 11.6 Å². The minimum Gasteiger partial charge on any atom is -0.495 e. The van der Waals surface area contributed by atoms with Crippen molar-refractivity contribution in [2.24, 2.45) is 0 Å². The highest BCUT2D eigenvalue weighted by atomic mass is 35.5. The van der Waals surface area contributed by atoms with Crippen LogP contribution in [0.25, 0.3) is 0 Å². The van der Waals surface area contributed by atoms with Gasteiger partial charge in [0.15, 0.2) is 0 Å². The fourth-order valence-electron chi connectivity index (χ4n) is 1.88. The van der Waals surface area contributed by atoms with Crippen LogP contribution in [0, 0.1) is 11.8 Å². The number of benzene rings is 2. The zero-order valence-electron chi connectivity index (χ0n) is 12.2. The third-order valence-electron chi connectivity index (χ3n) is 2.98. The molecule has 0 bridgehead atoms. The lowest BCUT2D eigenvalue weighted by Gasteiger charge is -2.02. The molecule has 0 aliphatic heterocycles. The van der Waals surface area contributed by atoms with Gasteiger partial charge in [0.05, 0.1) is 25.6 Å². The van der Waals surface area contributed by atoms with Crippen LogP contribution in [0.15, 0.2) is 48.5 Å². The van der Waals surface area contributed by atoms with E-state index in [1.54, 1.807) is 19.2 Å². The van der Waals surface area contributed by atoms with Gasteiger partial charge in [0, 0.05) is 5.02 Å². The van der Waals surface area contributed by atoms with Gasteiger partial charge in [-0.05, 0) is 29.8 Å². The minimum absolute atomic E-state index is 0.0725. The summed E-state index contributed by atoms with van der Waals surface area (Å²) < 4.78 is 5.21. The first-order valence-corrected chi connectivity index (χ1v) is 7.20. The number of halogens is 1. The van der Waals surface area contributed by atoms with Crippen molar-refractivity contribution in [2.75, 3.05) is 13.7 Å². The first-order valence-electron chi connectivity index (χ1n) is 6.82. The van der Waals surface area contributed by atoms with Crippen LogP contribution in [-0.4, -0.2) is 19.6 Å². The van der Waals surface area contributed by atoms with Crippen molar-refractivity contribution >= 4 is 17.5 Å². The van der Waals surface area contributed by atoms with Crippen molar-refractivity contribution in [3.8, 4) is 17.6 Å². The molecule has 2 aromatic carbocycles. The number of para-hydroxylation sites is 1. The number of nitrogens with one attached hydrogen (secondary N) is 1. The molecular weight excluding hydrogens is 298 g/mol. The quantitative estimate of drug-likeness (QED) is 0.881. The Bertz CT molecular complexity index is 699. The summed E-state index contributed by atoms with van der Waals surface area (Å²) in [4.78, 5) is 11.8. The summed E-state index contributed by atoms with van der Waals surface area (Å²) in [6.07, 6.45) is 0.313. The molecule has 0 fully saturated rings. The molecule has 0 aromatic heterocycles. The second-order valence-electron chi connectivity index (χ2n) is 4.58. The molecule has 0 saturated carbocycles. The third kappa shape index (κ3) is 4.83. The second kappa shape index (κ2) is 8.11. The summed E-state index contributed by atoms with van der Waals surface area (Å²) in [5, 5.41) is 3.43. The van der Waals surface area contributed by atoms with E-state index in [9.17, 15) is 4.79 Å². The topological polar surface area (TPSA) is 38.3 Å². The first kappa shape index (κ1) is 15.9. The zero-order chi connectivity index (χ0) is 15.8. The van der Waals surface area contributed by atoms with Crippen molar-refractivity contribution in [3.63, 3.8) is 0 Å². The van der Waals surface area contributed by atoms with Gasteiger partial charge >= 0.3 is 0 Å². The standard InChI is InChI=1S/C18H16ClNO2/c1-22-17-7-3-2-5-15(17)6-4-12-20-18(21)13-14-8-10-16(19)11-9-14/h2-3,5,7-11H,12-13H2,1H3,(H,20,21). The number of methoxy groups -OCH3 is 1. The van der Waals surface area contributed by atoms with E-state index >= 15 is 0 Å². The molecule has 0 heterocycles. The predicted octanol–water partition coefficient (Wildman–Crippen LogP) is 3.06. The lowest BCUT2D eigenvalue weighted by atomic mass is 10.1. The molecule has 0 spiro atoms. The average Bonchev–Trinajstić information content (AvgIpc) is 2.54. The first-order chi connectivity index (χ1) is 10.7. The van der Waals surface area contributed by atoms with E-state index in [-0.39, 0.29) is 5.91 Å². The average molecular weight is 314 g/mol. The van der Waals surface area contributed by atoms with Gasteiger partial charge in [-0.25, -0.2) is 0 Å². The van der Waals surface area contributed by atoms with Crippen LogP contribution < -0.4 is 10.1 Å². The van der Waals surface area contributed by atoms with Gasteiger partial charge in [0.1, 0.15) is 5.75 Å². The van der Waals surface area contributed by atoms with Crippen LogP contribution in [0.5, 0.6) is 5.75 Å². The monoisotopic (exact) mass is 313 g/mol. The zero-order valence-corrected chi connectivity index (χ0v) is 13.0. The molecule has 3 nitrogen and oxygen atoms in total. The molecule has 0 aliphatic rings. The van der Waals surface area contributed by atoms with E-state index in [0.717, 1.165) is 16.9 Å². The number of hydrogen-bond acceptors (Lipinski definition) is 2. The van der Waals surface area contributed by atoms with Gasteiger partial charge in [-0.1, -0.05) is 47.7 Å². The molecule has 22 heavy (non-hydrogen) atoms. The van der Waals surface area contributed by atoms with Crippen molar-refractivity contribution in [1.29, 1.82) is 0 Å². The fourth-order valence-corrected chi connectivity index (χ4v) is 2.01. The van der Waals surface area contributed by atoms with Crippen LogP contribution in [0.1, 0.15) is 11.1 Å².